The third-order valence-electron chi connectivity index (χ3n) is 5.48. The van der Waals surface area contributed by atoms with Gasteiger partial charge in [0.1, 0.15) is 11.6 Å². The third kappa shape index (κ3) is 6.62. The van der Waals surface area contributed by atoms with Gasteiger partial charge < -0.3 is 14.6 Å². The Labute approximate surface area is 176 Å². The molecule has 1 saturated heterocycles. The van der Waals surface area contributed by atoms with E-state index in [0.717, 1.165) is 37.3 Å². The lowest BCUT2D eigenvalue weighted by Gasteiger charge is -2.34. The van der Waals surface area contributed by atoms with E-state index in [2.05, 4.69) is 29.0 Å². The second-order valence-corrected chi connectivity index (χ2v) is 8.51. The highest BCUT2D eigenvalue weighted by molar-refractivity contribution is 5.76. The van der Waals surface area contributed by atoms with Crippen LogP contribution in [0.3, 0.4) is 0 Å². The number of hydrogen-bond donors (Lipinski definition) is 1. The van der Waals surface area contributed by atoms with Crippen molar-refractivity contribution in [2.24, 2.45) is 11.8 Å². The summed E-state index contributed by atoms with van der Waals surface area (Å²) in [6.45, 7) is 8.73. The Morgan fingerprint density at radius 3 is 2.73 bits per heavy atom. The maximum absolute atomic E-state index is 13.8. The predicted molar refractivity (Wildman–Crippen MR) is 112 cm³/mol. The van der Waals surface area contributed by atoms with Crippen LogP contribution >= 0.6 is 0 Å². The van der Waals surface area contributed by atoms with Crippen LogP contribution in [0, 0.1) is 23.5 Å². The van der Waals surface area contributed by atoms with Gasteiger partial charge in [0.2, 0.25) is 5.91 Å². The van der Waals surface area contributed by atoms with Gasteiger partial charge >= 0.3 is 0 Å². The van der Waals surface area contributed by atoms with Gasteiger partial charge in [0.25, 0.3) is 0 Å². The Hall–Kier alpha value is -2.28. The van der Waals surface area contributed by atoms with Gasteiger partial charge in [-0.1, -0.05) is 13.8 Å². The Balaban J connectivity index is 1.33. The molecule has 0 bridgehead atoms. The number of aromatic nitrogens is 1. The number of amides is 1. The van der Waals surface area contributed by atoms with E-state index in [4.69, 9.17) is 4.42 Å². The molecule has 1 aliphatic rings. The number of nitrogens with one attached hydrogen (secondary N) is 1. The molecule has 0 radical (unpaired) electrons. The summed E-state index contributed by atoms with van der Waals surface area (Å²) in [5, 5.41) is 2.93. The maximum Gasteiger partial charge on any atom is 0.220 e. The molecular formula is C23H31F2N3O2. The van der Waals surface area contributed by atoms with Crippen LogP contribution in [-0.2, 0) is 11.2 Å². The molecule has 2 atom stereocenters. The summed E-state index contributed by atoms with van der Waals surface area (Å²) in [5.41, 5.74) is 0.150. The standard InChI is InChI=1S/C23H31F2N3O2/c1-16-11-17(2)15-28(14-16)10-4-3-9-26-22(29)7-8-23-27-13-21(30-23)19-6-5-18(24)12-20(19)25/h5-6,12-13,16-17H,3-4,7-11,14-15H2,1-2H3,(H,26,29). The van der Waals surface area contributed by atoms with Crippen LogP contribution in [-0.4, -0.2) is 42.0 Å². The average molecular weight is 420 g/mol. The highest BCUT2D eigenvalue weighted by Gasteiger charge is 2.21. The summed E-state index contributed by atoms with van der Waals surface area (Å²) in [7, 11) is 0. The van der Waals surface area contributed by atoms with Crippen LogP contribution in [0.25, 0.3) is 11.3 Å². The third-order valence-corrected chi connectivity index (χ3v) is 5.48. The second-order valence-electron chi connectivity index (χ2n) is 8.51. The molecule has 1 aromatic carbocycles. The van der Waals surface area contributed by atoms with Crippen LogP contribution in [0.4, 0.5) is 8.78 Å². The molecule has 7 heteroatoms. The molecule has 2 heterocycles. The molecule has 30 heavy (non-hydrogen) atoms. The van der Waals surface area contributed by atoms with Crippen LogP contribution in [0.1, 0.15) is 45.4 Å². The largest absolute Gasteiger partial charge is 0.441 e. The monoisotopic (exact) mass is 419 g/mol. The molecule has 0 saturated carbocycles. The van der Waals surface area contributed by atoms with Crippen molar-refractivity contribution in [3.63, 3.8) is 0 Å². The van der Waals surface area contributed by atoms with Crippen molar-refractivity contribution >= 4 is 5.91 Å². The number of carbonyl (C=O) groups is 1. The van der Waals surface area contributed by atoms with Gasteiger partial charge in [-0.25, -0.2) is 13.8 Å². The molecule has 1 N–H and O–H groups in total. The van der Waals surface area contributed by atoms with Crippen molar-refractivity contribution in [2.75, 3.05) is 26.2 Å². The fourth-order valence-corrected chi connectivity index (χ4v) is 4.21. The number of benzene rings is 1. The Morgan fingerprint density at radius 2 is 2.00 bits per heavy atom. The van der Waals surface area contributed by atoms with Crippen molar-refractivity contribution in [1.29, 1.82) is 0 Å². The molecule has 1 fully saturated rings. The first kappa shape index (κ1) is 22.4. The zero-order chi connectivity index (χ0) is 21.5. The fraction of sp³-hybridized carbons (Fsp3) is 0.565. The minimum atomic E-state index is -0.705. The van der Waals surface area contributed by atoms with Gasteiger partial charge in [-0.15, -0.1) is 0 Å². The molecule has 0 spiro atoms. The summed E-state index contributed by atoms with van der Waals surface area (Å²) in [4.78, 5) is 18.7. The number of oxazole rings is 1. The Morgan fingerprint density at radius 1 is 1.23 bits per heavy atom. The zero-order valence-corrected chi connectivity index (χ0v) is 17.8. The predicted octanol–water partition coefficient (Wildman–Crippen LogP) is 4.43. The number of likely N-dealkylation sites (tertiary alicyclic amines) is 1. The van der Waals surface area contributed by atoms with Gasteiger partial charge in [0.05, 0.1) is 11.8 Å². The second kappa shape index (κ2) is 10.7. The van der Waals surface area contributed by atoms with Crippen molar-refractivity contribution in [3.05, 3.63) is 41.9 Å². The molecule has 2 aromatic rings. The quantitative estimate of drug-likeness (QED) is 0.611. The minimum Gasteiger partial charge on any atom is -0.441 e. The summed E-state index contributed by atoms with van der Waals surface area (Å²) in [5.74, 6) is 0.716. The number of carbonyl (C=O) groups excluding carboxylic acids is 1. The normalized spacial score (nSPS) is 19.7. The first-order valence-electron chi connectivity index (χ1n) is 10.8. The molecule has 5 nitrogen and oxygen atoms in total. The fourth-order valence-electron chi connectivity index (χ4n) is 4.21. The van der Waals surface area contributed by atoms with Crippen LogP contribution in [0.15, 0.2) is 28.8 Å². The Kier molecular flexibility index (Phi) is 7.96. The average Bonchev–Trinajstić information content (AvgIpc) is 3.14. The number of halogens is 2. The van der Waals surface area contributed by atoms with Crippen molar-refractivity contribution in [1.82, 2.24) is 15.2 Å². The lowest BCUT2D eigenvalue weighted by molar-refractivity contribution is -0.121. The van der Waals surface area contributed by atoms with E-state index < -0.39 is 11.6 Å². The molecule has 1 aromatic heterocycles. The molecule has 1 amide bonds. The first-order valence-corrected chi connectivity index (χ1v) is 10.8. The van der Waals surface area contributed by atoms with Gasteiger partial charge in [-0.2, -0.15) is 0 Å². The summed E-state index contributed by atoms with van der Waals surface area (Å²) in [6, 6.07) is 3.28. The number of piperidine rings is 1. The molecule has 164 valence electrons. The first-order chi connectivity index (χ1) is 14.4. The lowest BCUT2D eigenvalue weighted by Crippen LogP contribution is -2.39. The van der Waals surface area contributed by atoms with E-state index in [1.807, 2.05) is 0 Å². The number of unbranched alkanes of at least 4 members (excludes halogenated alkanes) is 1. The minimum absolute atomic E-state index is 0.0528. The molecule has 0 aliphatic carbocycles. The van der Waals surface area contributed by atoms with E-state index in [0.29, 0.717) is 18.9 Å². The van der Waals surface area contributed by atoms with Gasteiger partial charge in [0.15, 0.2) is 11.7 Å². The van der Waals surface area contributed by atoms with Crippen LogP contribution in [0.5, 0.6) is 0 Å². The van der Waals surface area contributed by atoms with Gasteiger partial charge in [0, 0.05) is 38.5 Å². The highest BCUT2D eigenvalue weighted by Crippen LogP contribution is 2.24. The molecule has 1 aliphatic heterocycles. The Bertz CT molecular complexity index is 830. The van der Waals surface area contributed by atoms with E-state index in [1.54, 1.807) is 0 Å². The summed E-state index contributed by atoms with van der Waals surface area (Å²) >= 11 is 0. The van der Waals surface area contributed by atoms with Gasteiger partial charge in [-0.3, -0.25) is 4.79 Å². The van der Waals surface area contributed by atoms with E-state index >= 15 is 0 Å². The highest BCUT2D eigenvalue weighted by atomic mass is 19.1. The molecular weight excluding hydrogens is 388 g/mol. The zero-order valence-electron chi connectivity index (χ0n) is 17.8. The summed E-state index contributed by atoms with van der Waals surface area (Å²) in [6.07, 6.45) is 5.33. The topological polar surface area (TPSA) is 58.4 Å². The SMILES string of the molecule is CC1CC(C)CN(CCCCNC(=O)CCc2ncc(-c3ccc(F)cc3F)o2)C1. The van der Waals surface area contributed by atoms with Crippen molar-refractivity contribution in [2.45, 2.75) is 46.0 Å². The van der Waals surface area contributed by atoms with E-state index in [9.17, 15) is 13.6 Å². The van der Waals surface area contributed by atoms with E-state index in [-0.39, 0.29) is 23.7 Å². The molecule has 3 rings (SSSR count). The summed E-state index contributed by atoms with van der Waals surface area (Å²) < 4.78 is 32.4. The maximum atomic E-state index is 13.8. The van der Waals surface area contributed by atoms with Crippen LogP contribution in [0.2, 0.25) is 0 Å². The van der Waals surface area contributed by atoms with Gasteiger partial charge in [-0.05, 0) is 49.8 Å². The number of nitrogens with zero attached hydrogens (tertiary/aromatic N) is 2. The van der Waals surface area contributed by atoms with Crippen molar-refractivity contribution in [3.8, 4) is 11.3 Å². The number of hydrogen-bond acceptors (Lipinski definition) is 4. The smallest absolute Gasteiger partial charge is 0.220 e. The number of rotatable bonds is 9. The number of aryl methyl sites for hydroxylation is 1. The van der Waals surface area contributed by atoms with Crippen LogP contribution < -0.4 is 5.32 Å². The molecule has 2 unspecified atom stereocenters. The van der Waals surface area contributed by atoms with Crippen molar-refractivity contribution < 1.29 is 18.0 Å². The lowest BCUT2D eigenvalue weighted by atomic mass is 9.92. The van der Waals surface area contributed by atoms with E-state index in [1.165, 1.54) is 37.8 Å².